The van der Waals surface area contributed by atoms with E-state index in [0.29, 0.717) is 5.82 Å². The van der Waals surface area contributed by atoms with Crippen molar-refractivity contribution in [1.82, 2.24) is 10.2 Å². The minimum Gasteiger partial charge on any atom is -0.372 e. The Kier molecular flexibility index (Phi) is 4.06. The van der Waals surface area contributed by atoms with Crippen molar-refractivity contribution in [2.45, 2.75) is 6.18 Å². The van der Waals surface area contributed by atoms with Gasteiger partial charge in [-0.05, 0) is 36.4 Å². The number of amides is 1. The highest BCUT2D eigenvalue weighted by Crippen LogP contribution is 2.29. The van der Waals surface area contributed by atoms with Crippen LogP contribution in [0, 0.1) is 0 Å². The molecule has 1 aromatic heterocycles. The van der Waals surface area contributed by atoms with Crippen LogP contribution in [0.4, 0.5) is 24.7 Å². The molecule has 2 aromatic rings. The van der Waals surface area contributed by atoms with E-state index >= 15 is 0 Å². The van der Waals surface area contributed by atoms with E-state index in [4.69, 9.17) is 0 Å². The van der Waals surface area contributed by atoms with Crippen molar-refractivity contribution in [3.05, 3.63) is 47.7 Å². The first-order chi connectivity index (χ1) is 9.90. The third-order valence-electron chi connectivity index (χ3n) is 2.62. The third-order valence-corrected chi connectivity index (χ3v) is 2.62. The summed E-state index contributed by atoms with van der Waals surface area (Å²) in [6.07, 6.45) is -4.41. The number of alkyl halides is 3. The monoisotopic (exact) mass is 296 g/mol. The van der Waals surface area contributed by atoms with Gasteiger partial charge in [0, 0.05) is 12.7 Å². The maximum absolute atomic E-state index is 12.4. The second kappa shape index (κ2) is 5.78. The first-order valence-corrected chi connectivity index (χ1v) is 5.90. The lowest BCUT2D eigenvalue weighted by Gasteiger charge is -2.08. The van der Waals surface area contributed by atoms with E-state index in [1.807, 2.05) is 0 Å². The van der Waals surface area contributed by atoms with Crippen LogP contribution in [0.25, 0.3) is 0 Å². The summed E-state index contributed by atoms with van der Waals surface area (Å²) < 4.78 is 37.2. The van der Waals surface area contributed by atoms with Gasteiger partial charge >= 0.3 is 6.18 Å². The number of hydrogen-bond acceptors (Lipinski definition) is 4. The van der Waals surface area contributed by atoms with E-state index in [-0.39, 0.29) is 11.4 Å². The van der Waals surface area contributed by atoms with Gasteiger partial charge in [-0.3, -0.25) is 4.79 Å². The fraction of sp³-hybridized carbons (Fsp3) is 0.154. The first-order valence-electron chi connectivity index (χ1n) is 5.90. The summed E-state index contributed by atoms with van der Waals surface area (Å²) in [4.78, 5) is 11.8. The Morgan fingerprint density at radius 3 is 2.19 bits per heavy atom. The zero-order valence-corrected chi connectivity index (χ0v) is 10.9. The number of carbonyl (C=O) groups is 1. The van der Waals surface area contributed by atoms with Crippen molar-refractivity contribution in [2.75, 3.05) is 17.7 Å². The van der Waals surface area contributed by atoms with Crippen LogP contribution in [0.5, 0.6) is 0 Å². The molecular formula is C13H11F3N4O. The number of hydrogen-bond donors (Lipinski definition) is 2. The van der Waals surface area contributed by atoms with Crippen molar-refractivity contribution in [3.63, 3.8) is 0 Å². The van der Waals surface area contributed by atoms with Gasteiger partial charge in [0.15, 0.2) is 5.69 Å². The average molecular weight is 296 g/mol. The second-order valence-corrected chi connectivity index (χ2v) is 4.08. The molecule has 2 rings (SSSR count). The molecule has 0 unspecified atom stereocenters. The van der Waals surface area contributed by atoms with Crippen molar-refractivity contribution in [3.8, 4) is 0 Å². The summed E-state index contributed by atoms with van der Waals surface area (Å²) in [7, 11) is 1.66. The number of benzene rings is 1. The molecule has 110 valence electrons. The van der Waals surface area contributed by atoms with Crippen LogP contribution in [-0.4, -0.2) is 23.2 Å². The van der Waals surface area contributed by atoms with Crippen LogP contribution in [0.2, 0.25) is 0 Å². The summed E-state index contributed by atoms with van der Waals surface area (Å²) in [6.45, 7) is 0. The standard InChI is InChI=1S/C13H11F3N4O/c1-17-11-7-6-10(19-20-11)12(21)18-9-4-2-8(3-5-9)13(14,15)16/h2-7H,1H3,(H,17,20)(H,18,21). The maximum atomic E-state index is 12.4. The van der Waals surface area contributed by atoms with Gasteiger partial charge in [0.25, 0.3) is 5.91 Å². The summed E-state index contributed by atoms with van der Waals surface area (Å²) in [5.41, 5.74) is -0.472. The topological polar surface area (TPSA) is 66.9 Å². The molecule has 0 aliphatic heterocycles. The minimum absolute atomic E-state index is 0.0638. The lowest BCUT2D eigenvalue weighted by atomic mass is 10.2. The number of rotatable bonds is 3. The van der Waals surface area contributed by atoms with Crippen LogP contribution in [0.1, 0.15) is 16.1 Å². The number of aromatic nitrogens is 2. The highest BCUT2D eigenvalue weighted by Gasteiger charge is 2.30. The fourth-order valence-corrected chi connectivity index (χ4v) is 1.52. The number of carbonyl (C=O) groups excluding carboxylic acids is 1. The maximum Gasteiger partial charge on any atom is 0.416 e. The predicted octanol–water partition coefficient (Wildman–Crippen LogP) is 2.79. The molecule has 5 nitrogen and oxygen atoms in total. The fourth-order valence-electron chi connectivity index (χ4n) is 1.52. The zero-order valence-electron chi connectivity index (χ0n) is 10.9. The van der Waals surface area contributed by atoms with Crippen LogP contribution < -0.4 is 10.6 Å². The summed E-state index contributed by atoms with van der Waals surface area (Å²) in [6, 6.07) is 7.16. The Labute approximate surface area is 118 Å². The van der Waals surface area contributed by atoms with Gasteiger partial charge in [0.2, 0.25) is 0 Å². The third kappa shape index (κ3) is 3.68. The number of halogens is 3. The molecule has 0 saturated carbocycles. The van der Waals surface area contributed by atoms with Gasteiger partial charge in [-0.2, -0.15) is 13.2 Å². The number of nitrogens with zero attached hydrogens (tertiary/aromatic N) is 2. The molecule has 0 spiro atoms. The molecule has 21 heavy (non-hydrogen) atoms. The molecule has 2 N–H and O–H groups in total. The molecule has 0 atom stereocenters. The van der Waals surface area contributed by atoms with E-state index in [2.05, 4.69) is 20.8 Å². The molecule has 0 radical (unpaired) electrons. The molecule has 0 fully saturated rings. The van der Waals surface area contributed by atoms with Gasteiger partial charge in [-0.1, -0.05) is 0 Å². The van der Waals surface area contributed by atoms with Crippen LogP contribution in [0.3, 0.4) is 0 Å². The minimum atomic E-state index is -4.41. The van der Waals surface area contributed by atoms with Crippen LogP contribution in [0.15, 0.2) is 36.4 Å². The molecule has 8 heteroatoms. The quantitative estimate of drug-likeness (QED) is 0.914. The Balaban J connectivity index is 2.08. The van der Waals surface area contributed by atoms with Crippen molar-refractivity contribution >= 4 is 17.4 Å². The van der Waals surface area contributed by atoms with Gasteiger partial charge in [-0.15, -0.1) is 10.2 Å². The van der Waals surface area contributed by atoms with Gasteiger partial charge in [0.1, 0.15) is 5.82 Å². The Bertz CT molecular complexity index is 623. The van der Waals surface area contributed by atoms with E-state index in [9.17, 15) is 18.0 Å². The lowest BCUT2D eigenvalue weighted by Crippen LogP contribution is -2.15. The molecule has 0 bridgehead atoms. The summed E-state index contributed by atoms with van der Waals surface area (Å²) in [5, 5.41) is 12.6. The summed E-state index contributed by atoms with van der Waals surface area (Å²) >= 11 is 0. The van der Waals surface area contributed by atoms with Gasteiger partial charge < -0.3 is 10.6 Å². The van der Waals surface area contributed by atoms with E-state index in [1.54, 1.807) is 13.1 Å². The smallest absolute Gasteiger partial charge is 0.372 e. The molecule has 1 heterocycles. The van der Waals surface area contributed by atoms with E-state index < -0.39 is 17.6 Å². The number of anilines is 2. The second-order valence-electron chi connectivity index (χ2n) is 4.08. The predicted molar refractivity (Wildman–Crippen MR) is 71.0 cm³/mol. The molecule has 0 saturated heterocycles. The largest absolute Gasteiger partial charge is 0.416 e. The zero-order chi connectivity index (χ0) is 15.5. The number of nitrogens with one attached hydrogen (secondary N) is 2. The molecule has 0 aliphatic rings. The van der Waals surface area contributed by atoms with Gasteiger partial charge in [-0.25, -0.2) is 0 Å². The van der Waals surface area contributed by atoms with Gasteiger partial charge in [0.05, 0.1) is 5.56 Å². The van der Waals surface area contributed by atoms with E-state index in [1.165, 1.54) is 18.2 Å². The molecular weight excluding hydrogens is 285 g/mol. The highest BCUT2D eigenvalue weighted by molar-refractivity contribution is 6.02. The average Bonchev–Trinajstić information content (AvgIpc) is 2.47. The van der Waals surface area contributed by atoms with Crippen molar-refractivity contribution in [1.29, 1.82) is 0 Å². The van der Waals surface area contributed by atoms with Crippen LogP contribution >= 0.6 is 0 Å². The normalized spacial score (nSPS) is 11.0. The van der Waals surface area contributed by atoms with Crippen molar-refractivity contribution < 1.29 is 18.0 Å². The Hall–Kier alpha value is -2.64. The SMILES string of the molecule is CNc1ccc(C(=O)Nc2ccc(C(F)(F)F)cc2)nn1. The Morgan fingerprint density at radius 2 is 1.71 bits per heavy atom. The van der Waals surface area contributed by atoms with Crippen molar-refractivity contribution in [2.24, 2.45) is 0 Å². The summed E-state index contributed by atoms with van der Waals surface area (Å²) in [5.74, 6) is -0.0500. The molecule has 1 aromatic carbocycles. The lowest BCUT2D eigenvalue weighted by molar-refractivity contribution is -0.137. The molecule has 1 amide bonds. The molecule has 0 aliphatic carbocycles. The Morgan fingerprint density at radius 1 is 1.05 bits per heavy atom. The van der Waals surface area contributed by atoms with Crippen LogP contribution in [-0.2, 0) is 6.18 Å². The highest BCUT2D eigenvalue weighted by atomic mass is 19.4. The van der Waals surface area contributed by atoms with E-state index in [0.717, 1.165) is 12.1 Å². The first kappa shape index (κ1) is 14.8.